The Bertz CT molecular complexity index is 424. The van der Waals surface area contributed by atoms with Crippen molar-refractivity contribution in [2.24, 2.45) is 0 Å². The Hall–Kier alpha value is -1.29. The maximum Gasteiger partial charge on any atom is 0.236 e. The normalized spacial score (nSPS) is 10.9. The molecule has 0 saturated heterocycles. The molecular weight excluding hydrogens is 198 g/mol. The molecule has 1 aromatic rings. The lowest BCUT2D eigenvalue weighted by Crippen LogP contribution is -2.15. The second kappa shape index (κ2) is 4.28. The molecule has 0 unspecified atom stereocenters. The van der Waals surface area contributed by atoms with Crippen molar-refractivity contribution in [3.8, 4) is 0 Å². The van der Waals surface area contributed by atoms with Crippen LogP contribution in [0.15, 0.2) is 36.9 Å². The van der Waals surface area contributed by atoms with Crippen molar-refractivity contribution < 1.29 is 8.42 Å². The molecule has 14 heavy (non-hydrogen) atoms. The van der Waals surface area contributed by atoms with Crippen LogP contribution in [0, 0.1) is 6.92 Å². The summed E-state index contributed by atoms with van der Waals surface area (Å²) in [6, 6.07) is 7.24. The smallest absolute Gasteiger partial charge is 0.236 e. The van der Waals surface area contributed by atoms with Crippen LogP contribution in [0.4, 0.5) is 5.69 Å². The van der Waals surface area contributed by atoms with Crippen LogP contribution in [-0.4, -0.2) is 14.2 Å². The van der Waals surface area contributed by atoms with Crippen molar-refractivity contribution in [2.45, 2.75) is 6.92 Å². The Labute approximate surface area is 84.5 Å². The fourth-order valence-electron chi connectivity index (χ4n) is 1.05. The van der Waals surface area contributed by atoms with Gasteiger partial charge in [0.25, 0.3) is 0 Å². The summed E-state index contributed by atoms with van der Waals surface area (Å²) in [5.41, 5.74) is 1.52. The molecule has 3 nitrogen and oxygen atoms in total. The van der Waals surface area contributed by atoms with E-state index in [1.165, 1.54) is 6.08 Å². The molecule has 0 aliphatic heterocycles. The van der Waals surface area contributed by atoms with Gasteiger partial charge in [-0.3, -0.25) is 4.72 Å². The number of anilines is 1. The summed E-state index contributed by atoms with van der Waals surface area (Å²) < 4.78 is 25.2. The summed E-state index contributed by atoms with van der Waals surface area (Å²) in [7, 11) is -3.28. The number of nitrogens with one attached hydrogen (secondary N) is 1. The van der Waals surface area contributed by atoms with Gasteiger partial charge in [0, 0.05) is 0 Å². The SMILES string of the molecule is C=CCS(=O)(=O)Nc1ccccc1C. The van der Waals surface area contributed by atoms with Crippen molar-refractivity contribution in [2.75, 3.05) is 10.5 Å². The third kappa shape index (κ3) is 2.88. The van der Waals surface area contributed by atoms with Crippen LogP contribution >= 0.6 is 0 Å². The van der Waals surface area contributed by atoms with Crippen molar-refractivity contribution in [3.05, 3.63) is 42.5 Å². The number of aryl methyl sites for hydroxylation is 1. The predicted octanol–water partition coefficient (Wildman–Crippen LogP) is 1.92. The molecule has 0 heterocycles. The maximum atomic E-state index is 11.4. The standard InChI is InChI=1S/C10H13NO2S/c1-3-8-14(12,13)11-10-7-5-4-6-9(10)2/h3-7,11H,1,8H2,2H3. The Balaban J connectivity index is 2.89. The first-order valence-electron chi connectivity index (χ1n) is 4.22. The molecule has 1 rings (SSSR count). The highest BCUT2D eigenvalue weighted by Gasteiger charge is 2.08. The van der Waals surface area contributed by atoms with Crippen LogP contribution in [0.25, 0.3) is 0 Å². The second-order valence-electron chi connectivity index (χ2n) is 2.99. The molecule has 0 fully saturated rings. The van der Waals surface area contributed by atoms with E-state index in [-0.39, 0.29) is 5.75 Å². The van der Waals surface area contributed by atoms with Gasteiger partial charge in [-0.25, -0.2) is 8.42 Å². The van der Waals surface area contributed by atoms with Gasteiger partial charge in [0.2, 0.25) is 10.0 Å². The minimum atomic E-state index is -3.28. The van der Waals surface area contributed by atoms with Gasteiger partial charge < -0.3 is 0 Å². The number of sulfonamides is 1. The highest BCUT2D eigenvalue weighted by molar-refractivity contribution is 7.92. The van der Waals surface area contributed by atoms with E-state index in [2.05, 4.69) is 11.3 Å². The average Bonchev–Trinajstić information content (AvgIpc) is 2.08. The van der Waals surface area contributed by atoms with E-state index in [0.717, 1.165) is 5.56 Å². The van der Waals surface area contributed by atoms with Gasteiger partial charge in [-0.1, -0.05) is 24.3 Å². The molecule has 76 valence electrons. The Morgan fingerprint density at radius 2 is 2.07 bits per heavy atom. The summed E-state index contributed by atoms with van der Waals surface area (Å²) in [6.07, 6.45) is 1.36. The molecule has 0 atom stereocenters. The van der Waals surface area contributed by atoms with Crippen molar-refractivity contribution >= 4 is 15.7 Å². The lowest BCUT2D eigenvalue weighted by molar-refractivity contribution is 0.604. The summed E-state index contributed by atoms with van der Waals surface area (Å²) in [5.74, 6) is -0.0681. The quantitative estimate of drug-likeness (QED) is 0.773. The number of benzene rings is 1. The van der Waals surface area contributed by atoms with E-state index in [4.69, 9.17) is 0 Å². The van der Waals surface area contributed by atoms with Gasteiger partial charge in [0.15, 0.2) is 0 Å². The summed E-state index contributed by atoms with van der Waals surface area (Å²) in [4.78, 5) is 0. The Morgan fingerprint density at radius 1 is 1.43 bits per heavy atom. The Kier molecular flexibility index (Phi) is 3.30. The lowest BCUT2D eigenvalue weighted by Gasteiger charge is -2.08. The molecule has 1 N–H and O–H groups in total. The Morgan fingerprint density at radius 3 is 2.64 bits per heavy atom. The molecule has 0 radical (unpaired) electrons. The fraction of sp³-hybridized carbons (Fsp3) is 0.200. The van der Waals surface area contributed by atoms with Crippen LogP contribution in [0.3, 0.4) is 0 Å². The molecule has 0 aliphatic rings. The zero-order valence-corrected chi connectivity index (χ0v) is 8.84. The maximum absolute atomic E-state index is 11.4. The minimum Gasteiger partial charge on any atom is -0.283 e. The molecule has 0 saturated carbocycles. The number of rotatable bonds is 4. The van der Waals surface area contributed by atoms with Gasteiger partial charge in [-0.2, -0.15) is 0 Å². The van der Waals surface area contributed by atoms with E-state index in [1.807, 2.05) is 19.1 Å². The second-order valence-corrected chi connectivity index (χ2v) is 4.75. The van der Waals surface area contributed by atoms with Crippen LogP contribution in [0.2, 0.25) is 0 Å². The van der Waals surface area contributed by atoms with Gasteiger partial charge in [0.1, 0.15) is 0 Å². The predicted molar refractivity (Wildman–Crippen MR) is 58.8 cm³/mol. The van der Waals surface area contributed by atoms with Crippen LogP contribution in [0.1, 0.15) is 5.56 Å². The van der Waals surface area contributed by atoms with Crippen molar-refractivity contribution in [3.63, 3.8) is 0 Å². The summed E-state index contributed by atoms with van der Waals surface area (Å²) >= 11 is 0. The zero-order chi connectivity index (χ0) is 10.6. The van der Waals surface area contributed by atoms with E-state index in [1.54, 1.807) is 12.1 Å². The van der Waals surface area contributed by atoms with Gasteiger partial charge in [0.05, 0.1) is 11.4 Å². The first kappa shape index (κ1) is 10.8. The highest BCUT2D eigenvalue weighted by Crippen LogP contribution is 2.14. The van der Waals surface area contributed by atoms with Gasteiger partial charge in [-0.15, -0.1) is 6.58 Å². The van der Waals surface area contributed by atoms with Gasteiger partial charge >= 0.3 is 0 Å². The number of hydrogen-bond acceptors (Lipinski definition) is 2. The zero-order valence-electron chi connectivity index (χ0n) is 8.03. The molecule has 0 aliphatic carbocycles. The van der Waals surface area contributed by atoms with E-state index in [0.29, 0.717) is 5.69 Å². The van der Waals surface area contributed by atoms with E-state index in [9.17, 15) is 8.42 Å². The lowest BCUT2D eigenvalue weighted by atomic mass is 10.2. The number of hydrogen-bond donors (Lipinski definition) is 1. The molecule has 0 spiro atoms. The first-order chi connectivity index (χ1) is 6.55. The van der Waals surface area contributed by atoms with Gasteiger partial charge in [-0.05, 0) is 18.6 Å². The first-order valence-corrected chi connectivity index (χ1v) is 5.87. The summed E-state index contributed by atoms with van der Waals surface area (Å²) in [6.45, 7) is 5.24. The highest BCUT2D eigenvalue weighted by atomic mass is 32.2. The molecule has 0 aromatic heterocycles. The van der Waals surface area contributed by atoms with Crippen LogP contribution < -0.4 is 4.72 Å². The minimum absolute atomic E-state index is 0.0681. The fourth-order valence-corrected chi connectivity index (χ4v) is 2.01. The monoisotopic (exact) mass is 211 g/mol. The van der Waals surface area contributed by atoms with Crippen LogP contribution in [0.5, 0.6) is 0 Å². The molecule has 4 heteroatoms. The number of para-hydroxylation sites is 1. The molecular formula is C10H13NO2S. The largest absolute Gasteiger partial charge is 0.283 e. The molecule has 0 amide bonds. The third-order valence-electron chi connectivity index (χ3n) is 1.75. The molecule has 0 bridgehead atoms. The average molecular weight is 211 g/mol. The van der Waals surface area contributed by atoms with Crippen molar-refractivity contribution in [1.29, 1.82) is 0 Å². The topological polar surface area (TPSA) is 46.2 Å². The molecule has 1 aromatic carbocycles. The third-order valence-corrected chi connectivity index (χ3v) is 2.95. The van der Waals surface area contributed by atoms with E-state index < -0.39 is 10.0 Å². The van der Waals surface area contributed by atoms with E-state index >= 15 is 0 Å². The summed E-state index contributed by atoms with van der Waals surface area (Å²) in [5, 5.41) is 0. The van der Waals surface area contributed by atoms with Crippen LogP contribution in [-0.2, 0) is 10.0 Å². The van der Waals surface area contributed by atoms with Crippen molar-refractivity contribution in [1.82, 2.24) is 0 Å².